The SMILES string of the molecule is O=C(CCc1nnc(-c2cccnc2)o1)NCCCc1ccccc1. The molecule has 0 saturated heterocycles. The van der Waals surface area contributed by atoms with Gasteiger partial charge in [-0.25, -0.2) is 0 Å². The molecule has 6 nitrogen and oxygen atoms in total. The number of aromatic nitrogens is 3. The van der Waals surface area contributed by atoms with Crippen molar-refractivity contribution in [3.63, 3.8) is 0 Å². The Balaban J connectivity index is 1.37. The van der Waals surface area contributed by atoms with Crippen LogP contribution in [0.1, 0.15) is 24.3 Å². The Morgan fingerprint density at radius 1 is 1.04 bits per heavy atom. The highest BCUT2D eigenvalue weighted by Crippen LogP contribution is 2.16. The summed E-state index contributed by atoms with van der Waals surface area (Å²) in [5.41, 5.74) is 2.05. The zero-order chi connectivity index (χ0) is 17.3. The zero-order valence-electron chi connectivity index (χ0n) is 13.9. The first-order chi connectivity index (χ1) is 12.3. The lowest BCUT2D eigenvalue weighted by molar-refractivity contribution is -0.121. The molecule has 128 valence electrons. The lowest BCUT2D eigenvalue weighted by atomic mass is 10.1. The second-order valence-electron chi connectivity index (χ2n) is 5.68. The van der Waals surface area contributed by atoms with Crippen LogP contribution in [0.25, 0.3) is 11.5 Å². The fourth-order valence-corrected chi connectivity index (χ4v) is 2.43. The predicted molar refractivity (Wildman–Crippen MR) is 93.6 cm³/mol. The Hall–Kier alpha value is -3.02. The van der Waals surface area contributed by atoms with E-state index in [9.17, 15) is 4.79 Å². The van der Waals surface area contributed by atoms with Gasteiger partial charge in [0.2, 0.25) is 17.7 Å². The molecule has 0 saturated carbocycles. The van der Waals surface area contributed by atoms with Crippen LogP contribution in [0.3, 0.4) is 0 Å². The summed E-state index contributed by atoms with van der Waals surface area (Å²) in [7, 11) is 0. The fourth-order valence-electron chi connectivity index (χ4n) is 2.43. The lowest BCUT2D eigenvalue weighted by Gasteiger charge is -2.04. The first kappa shape index (κ1) is 16.8. The van der Waals surface area contributed by atoms with Gasteiger partial charge in [0.15, 0.2) is 0 Å². The van der Waals surface area contributed by atoms with E-state index in [2.05, 4.69) is 32.6 Å². The van der Waals surface area contributed by atoms with E-state index >= 15 is 0 Å². The number of nitrogens with one attached hydrogen (secondary N) is 1. The molecule has 2 aromatic heterocycles. The third-order valence-electron chi connectivity index (χ3n) is 3.75. The van der Waals surface area contributed by atoms with Gasteiger partial charge in [-0.15, -0.1) is 10.2 Å². The molecule has 3 rings (SSSR count). The minimum absolute atomic E-state index is 0.00538. The zero-order valence-corrected chi connectivity index (χ0v) is 13.9. The van der Waals surface area contributed by atoms with Gasteiger partial charge in [-0.05, 0) is 30.5 Å². The molecular weight excluding hydrogens is 316 g/mol. The van der Waals surface area contributed by atoms with Crippen molar-refractivity contribution in [3.05, 3.63) is 66.3 Å². The second kappa shape index (κ2) is 8.73. The predicted octanol–water partition coefficient (Wildman–Crippen LogP) is 2.81. The highest BCUT2D eigenvalue weighted by atomic mass is 16.4. The summed E-state index contributed by atoms with van der Waals surface area (Å²) < 4.78 is 5.56. The van der Waals surface area contributed by atoms with Crippen molar-refractivity contribution in [2.24, 2.45) is 0 Å². The van der Waals surface area contributed by atoms with Gasteiger partial charge in [0, 0.05) is 31.8 Å². The average molecular weight is 336 g/mol. The Morgan fingerprint density at radius 2 is 1.92 bits per heavy atom. The molecule has 2 heterocycles. The maximum absolute atomic E-state index is 11.9. The molecule has 1 amide bonds. The quantitative estimate of drug-likeness (QED) is 0.640. The van der Waals surface area contributed by atoms with Gasteiger partial charge in [-0.1, -0.05) is 30.3 Å². The van der Waals surface area contributed by atoms with E-state index in [1.807, 2.05) is 30.3 Å². The number of carbonyl (C=O) groups excluding carboxylic acids is 1. The summed E-state index contributed by atoms with van der Waals surface area (Å²) in [6, 6.07) is 13.9. The van der Waals surface area contributed by atoms with Crippen LogP contribution in [0.4, 0.5) is 0 Å². The number of nitrogens with zero attached hydrogens (tertiary/aromatic N) is 3. The molecule has 6 heteroatoms. The molecule has 1 aromatic carbocycles. The van der Waals surface area contributed by atoms with E-state index in [4.69, 9.17) is 4.42 Å². The molecule has 0 bridgehead atoms. The molecular formula is C19H20N4O2. The van der Waals surface area contributed by atoms with Gasteiger partial charge in [-0.3, -0.25) is 9.78 Å². The highest BCUT2D eigenvalue weighted by Gasteiger charge is 2.10. The summed E-state index contributed by atoms with van der Waals surface area (Å²) in [4.78, 5) is 15.9. The molecule has 0 aliphatic rings. The van der Waals surface area contributed by atoms with E-state index in [0.29, 0.717) is 31.2 Å². The second-order valence-corrected chi connectivity index (χ2v) is 5.68. The minimum Gasteiger partial charge on any atom is -0.421 e. The van der Waals surface area contributed by atoms with Gasteiger partial charge in [0.1, 0.15) is 0 Å². The molecule has 0 radical (unpaired) electrons. The number of benzene rings is 1. The Labute approximate surface area is 146 Å². The van der Waals surface area contributed by atoms with Crippen LogP contribution >= 0.6 is 0 Å². The molecule has 1 N–H and O–H groups in total. The van der Waals surface area contributed by atoms with Gasteiger partial charge < -0.3 is 9.73 Å². The van der Waals surface area contributed by atoms with Gasteiger partial charge in [-0.2, -0.15) is 0 Å². The van der Waals surface area contributed by atoms with E-state index in [-0.39, 0.29) is 5.91 Å². The summed E-state index contributed by atoms with van der Waals surface area (Å²) in [5, 5.41) is 10.9. The molecule has 3 aromatic rings. The number of hydrogen-bond acceptors (Lipinski definition) is 5. The van der Waals surface area contributed by atoms with Crippen molar-refractivity contribution in [1.29, 1.82) is 0 Å². The van der Waals surface area contributed by atoms with Gasteiger partial charge >= 0.3 is 0 Å². The van der Waals surface area contributed by atoms with Crippen molar-refractivity contribution >= 4 is 5.91 Å². The Kier molecular flexibility index (Phi) is 5.87. The number of aryl methyl sites for hydroxylation is 2. The third kappa shape index (κ3) is 5.24. The maximum Gasteiger partial charge on any atom is 0.249 e. The van der Waals surface area contributed by atoms with Crippen LogP contribution < -0.4 is 5.32 Å². The maximum atomic E-state index is 11.9. The molecule has 0 atom stereocenters. The first-order valence-corrected chi connectivity index (χ1v) is 8.34. The van der Waals surface area contributed by atoms with Crippen LogP contribution in [0.15, 0.2) is 59.3 Å². The summed E-state index contributed by atoms with van der Waals surface area (Å²) in [6.45, 7) is 0.665. The van der Waals surface area contributed by atoms with Crippen LogP contribution in [0.2, 0.25) is 0 Å². The van der Waals surface area contributed by atoms with Crippen molar-refractivity contribution < 1.29 is 9.21 Å². The minimum atomic E-state index is -0.00538. The van der Waals surface area contributed by atoms with Crippen LogP contribution in [-0.4, -0.2) is 27.6 Å². The number of carbonyl (C=O) groups is 1. The normalized spacial score (nSPS) is 10.6. The number of rotatable bonds is 8. The number of hydrogen-bond donors (Lipinski definition) is 1. The standard InChI is InChI=1S/C19H20N4O2/c24-17(21-13-4-8-15-6-2-1-3-7-15)10-11-18-22-23-19(25-18)16-9-5-12-20-14-16/h1-3,5-7,9,12,14H,4,8,10-11,13H2,(H,21,24). The lowest BCUT2D eigenvalue weighted by Crippen LogP contribution is -2.25. The monoisotopic (exact) mass is 336 g/mol. The van der Waals surface area contributed by atoms with E-state index < -0.39 is 0 Å². The molecule has 0 spiro atoms. The summed E-state index contributed by atoms with van der Waals surface area (Å²) in [5.74, 6) is 0.874. The summed E-state index contributed by atoms with van der Waals surface area (Å²) >= 11 is 0. The van der Waals surface area contributed by atoms with Gasteiger partial charge in [0.05, 0.1) is 5.56 Å². The van der Waals surface area contributed by atoms with Crippen molar-refractivity contribution in [3.8, 4) is 11.5 Å². The Morgan fingerprint density at radius 3 is 2.72 bits per heavy atom. The van der Waals surface area contributed by atoms with E-state index in [0.717, 1.165) is 18.4 Å². The molecule has 0 unspecified atom stereocenters. The molecule has 25 heavy (non-hydrogen) atoms. The van der Waals surface area contributed by atoms with Gasteiger partial charge in [0.25, 0.3) is 0 Å². The first-order valence-electron chi connectivity index (χ1n) is 8.34. The van der Waals surface area contributed by atoms with E-state index in [1.54, 1.807) is 12.4 Å². The highest BCUT2D eigenvalue weighted by molar-refractivity contribution is 5.75. The average Bonchev–Trinajstić information content (AvgIpc) is 3.14. The van der Waals surface area contributed by atoms with Crippen LogP contribution in [-0.2, 0) is 17.6 Å². The Bertz CT molecular complexity index is 787. The molecule has 0 fully saturated rings. The molecule has 0 aliphatic heterocycles. The van der Waals surface area contributed by atoms with Crippen LogP contribution in [0.5, 0.6) is 0 Å². The number of amides is 1. The van der Waals surface area contributed by atoms with Crippen molar-refractivity contribution in [2.45, 2.75) is 25.7 Å². The largest absolute Gasteiger partial charge is 0.421 e. The van der Waals surface area contributed by atoms with E-state index in [1.165, 1.54) is 5.56 Å². The summed E-state index contributed by atoms with van der Waals surface area (Å²) in [6.07, 6.45) is 5.98. The topological polar surface area (TPSA) is 80.9 Å². The van der Waals surface area contributed by atoms with Crippen LogP contribution in [0, 0.1) is 0 Å². The van der Waals surface area contributed by atoms with Crippen molar-refractivity contribution in [2.75, 3.05) is 6.54 Å². The van der Waals surface area contributed by atoms with Crippen molar-refractivity contribution in [1.82, 2.24) is 20.5 Å². The fraction of sp³-hybridized carbons (Fsp3) is 0.263. The third-order valence-corrected chi connectivity index (χ3v) is 3.75. The number of pyridine rings is 1. The molecule has 0 aliphatic carbocycles. The smallest absolute Gasteiger partial charge is 0.249 e.